The first-order valence-electron chi connectivity index (χ1n) is 8.28. The van der Waals surface area contributed by atoms with Crippen LogP contribution < -0.4 is 16.0 Å². The number of halogens is 2. The zero-order valence-corrected chi connectivity index (χ0v) is 15.4. The highest BCUT2D eigenvalue weighted by Gasteiger charge is 2.12. The highest BCUT2D eigenvalue weighted by atomic mass is 32.1. The van der Waals surface area contributed by atoms with Gasteiger partial charge in [0.1, 0.15) is 11.6 Å². The van der Waals surface area contributed by atoms with Gasteiger partial charge >= 0.3 is 6.03 Å². The molecule has 144 valence electrons. The lowest BCUT2D eigenvalue weighted by Crippen LogP contribution is -2.25. The SMILES string of the molecule is O=C(Cc1csc(NC(=O)Nc2ccccc2)n1)NCc1c(F)cccc1F. The molecule has 2 aromatic carbocycles. The van der Waals surface area contributed by atoms with Crippen LogP contribution in [0.1, 0.15) is 11.3 Å². The molecule has 0 aliphatic heterocycles. The molecule has 28 heavy (non-hydrogen) atoms. The number of benzene rings is 2. The van der Waals surface area contributed by atoms with Crippen LogP contribution in [0.25, 0.3) is 0 Å². The monoisotopic (exact) mass is 402 g/mol. The van der Waals surface area contributed by atoms with E-state index in [4.69, 9.17) is 0 Å². The fraction of sp³-hybridized carbons (Fsp3) is 0.105. The molecule has 0 atom stereocenters. The second-order valence-corrected chi connectivity index (χ2v) is 6.60. The molecule has 0 spiro atoms. The number of thiazole rings is 1. The van der Waals surface area contributed by atoms with Crippen LogP contribution in [0.15, 0.2) is 53.9 Å². The Kier molecular flexibility index (Phi) is 6.28. The van der Waals surface area contributed by atoms with Gasteiger partial charge in [-0.05, 0) is 24.3 Å². The van der Waals surface area contributed by atoms with Crippen LogP contribution in [0, 0.1) is 11.6 Å². The second kappa shape index (κ2) is 9.05. The number of hydrogen-bond acceptors (Lipinski definition) is 4. The lowest BCUT2D eigenvalue weighted by Gasteiger charge is -2.06. The van der Waals surface area contributed by atoms with Gasteiger partial charge in [0.2, 0.25) is 5.91 Å². The lowest BCUT2D eigenvalue weighted by atomic mass is 10.2. The minimum atomic E-state index is -0.718. The molecule has 9 heteroatoms. The number of anilines is 2. The number of para-hydroxylation sites is 1. The third-order valence-electron chi connectivity index (χ3n) is 3.67. The highest BCUT2D eigenvalue weighted by Crippen LogP contribution is 2.17. The lowest BCUT2D eigenvalue weighted by molar-refractivity contribution is -0.120. The predicted molar refractivity (Wildman–Crippen MR) is 103 cm³/mol. The maximum absolute atomic E-state index is 13.6. The van der Waals surface area contributed by atoms with Crippen LogP contribution in [0.3, 0.4) is 0 Å². The second-order valence-electron chi connectivity index (χ2n) is 5.74. The molecule has 6 nitrogen and oxygen atoms in total. The molecule has 0 fully saturated rings. The summed E-state index contributed by atoms with van der Waals surface area (Å²) in [6.45, 7) is -0.258. The largest absolute Gasteiger partial charge is 0.351 e. The molecule has 0 unspecified atom stereocenters. The average molecular weight is 402 g/mol. The molecule has 0 bridgehead atoms. The molecule has 0 saturated carbocycles. The van der Waals surface area contributed by atoms with Crippen molar-refractivity contribution >= 4 is 34.1 Å². The molecule has 0 aliphatic rings. The number of amides is 3. The van der Waals surface area contributed by atoms with E-state index >= 15 is 0 Å². The van der Waals surface area contributed by atoms with Gasteiger partial charge < -0.3 is 10.6 Å². The molecule has 3 N–H and O–H groups in total. The summed E-state index contributed by atoms with van der Waals surface area (Å²) in [5.74, 6) is -1.87. The Labute approximate surface area is 163 Å². The van der Waals surface area contributed by atoms with Crippen molar-refractivity contribution in [1.29, 1.82) is 0 Å². The van der Waals surface area contributed by atoms with Crippen LogP contribution >= 0.6 is 11.3 Å². The van der Waals surface area contributed by atoms with E-state index in [1.54, 1.807) is 29.6 Å². The van der Waals surface area contributed by atoms with Gasteiger partial charge in [0.05, 0.1) is 12.1 Å². The third kappa shape index (κ3) is 5.34. The Bertz CT molecular complexity index is 959. The Morgan fingerprint density at radius 1 is 0.964 bits per heavy atom. The maximum atomic E-state index is 13.6. The van der Waals surface area contributed by atoms with Crippen LogP contribution in [0.4, 0.5) is 24.4 Å². The summed E-state index contributed by atoms with van der Waals surface area (Å²) in [6.07, 6.45) is -0.0748. The molecule has 0 saturated heterocycles. The van der Waals surface area contributed by atoms with Crippen molar-refractivity contribution in [2.75, 3.05) is 10.6 Å². The Hall–Kier alpha value is -3.33. The van der Waals surface area contributed by atoms with Gasteiger partial charge in [0.15, 0.2) is 5.13 Å². The van der Waals surface area contributed by atoms with Crippen molar-refractivity contribution < 1.29 is 18.4 Å². The predicted octanol–water partition coefficient (Wildman–Crippen LogP) is 3.92. The summed E-state index contributed by atoms with van der Waals surface area (Å²) < 4.78 is 27.1. The van der Waals surface area contributed by atoms with Crippen molar-refractivity contribution in [2.24, 2.45) is 0 Å². The first-order chi connectivity index (χ1) is 13.5. The van der Waals surface area contributed by atoms with E-state index in [0.717, 1.165) is 12.1 Å². The van der Waals surface area contributed by atoms with E-state index in [0.29, 0.717) is 16.5 Å². The number of hydrogen-bond donors (Lipinski definition) is 3. The normalized spacial score (nSPS) is 10.4. The van der Waals surface area contributed by atoms with Crippen molar-refractivity contribution in [3.63, 3.8) is 0 Å². The molecule has 3 amide bonds. The van der Waals surface area contributed by atoms with Crippen LogP contribution in [-0.4, -0.2) is 16.9 Å². The third-order valence-corrected chi connectivity index (χ3v) is 4.48. The van der Waals surface area contributed by atoms with E-state index in [2.05, 4.69) is 20.9 Å². The van der Waals surface area contributed by atoms with Crippen molar-refractivity contribution in [1.82, 2.24) is 10.3 Å². The van der Waals surface area contributed by atoms with E-state index in [9.17, 15) is 18.4 Å². The zero-order chi connectivity index (χ0) is 19.9. The van der Waals surface area contributed by atoms with E-state index in [1.807, 2.05) is 6.07 Å². The molecular weight excluding hydrogens is 386 g/mol. The Morgan fingerprint density at radius 3 is 2.39 bits per heavy atom. The van der Waals surface area contributed by atoms with Crippen LogP contribution in [0.2, 0.25) is 0 Å². The topological polar surface area (TPSA) is 83.1 Å². The van der Waals surface area contributed by atoms with Gasteiger partial charge in [-0.1, -0.05) is 24.3 Å². The quantitative estimate of drug-likeness (QED) is 0.584. The fourth-order valence-corrected chi connectivity index (χ4v) is 3.05. The number of nitrogens with zero attached hydrogens (tertiary/aromatic N) is 1. The summed E-state index contributed by atoms with van der Waals surface area (Å²) in [5.41, 5.74) is 0.872. The van der Waals surface area contributed by atoms with Crippen LogP contribution in [-0.2, 0) is 17.8 Å². The molecule has 3 rings (SSSR count). The van der Waals surface area contributed by atoms with Gasteiger partial charge in [0, 0.05) is 23.2 Å². The van der Waals surface area contributed by atoms with E-state index in [1.165, 1.54) is 17.4 Å². The molecule has 0 aliphatic carbocycles. The molecule has 1 aromatic heterocycles. The summed E-state index contributed by atoms with van der Waals surface area (Å²) in [5, 5.41) is 9.65. The van der Waals surface area contributed by atoms with E-state index < -0.39 is 23.6 Å². The fourth-order valence-electron chi connectivity index (χ4n) is 2.34. The Balaban J connectivity index is 1.50. The number of nitrogens with one attached hydrogen (secondary N) is 3. The number of carbonyl (C=O) groups is 2. The van der Waals surface area contributed by atoms with Gasteiger partial charge in [-0.2, -0.15) is 0 Å². The summed E-state index contributed by atoms with van der Waals surface area (Å²) in [6, 6.07) is 12.0. The van der Waals surface area contributed by atoms with Gasteiger partial charge in [-0.3, -0.25) is 10.1 Å². The number of rotatable bonds is 6. The average Bonchev–Trinajstić information content (AvgIpc) is 3.08. The molecule has 1 heterocycles. The minimum absolute atomic E-state index is 0.0748. The number of aromatic nitrogens is 1. The summed E-state index contributed by atoms with van der Waals surface area (Å²) in [7, 11) is 0. The van der Waals surface area contributed by atoms with Gasteiger partial charge in [-0.25, -0.2) is 18.6 Å². The number of urea groups is 1. The van der Waals surface area contributed by atoms with Gasteiger partial charge in [-0.15, -0.1) is 11.3 Å². The van der Waals surface area contributed by atoms with E-state index in [-0.39, 0.29) is 18.5 Å². The summed E-state index contributed by atoms with van der Waals surface area (Å²) in [4.78, 5) is 28.1. The molecular formula is C19H16F2N4O2S. The van der Waals surface area contributed by atoms with Crippen LogP contribution in [0.5, 0.6) is 0 Å². The zero-order valence-electron chi connectivity index (χ0n) is 14.5. The van der Waals surface area contributed by atoms with Crippen molar-refractivity contribution in [3.05, 3.63) is 76.8 Å². The summed E-state index contributed by atoms with van der Waals surface area (Å²) >= 11 is 1.17. The number of carbonyl (C=O) groups excluding carboxylic acids is 2. The van der Waals surface area contributed by atoms with Gasteiger partial charge in [0.25, 0.3) is 0 Å². The standard InChI is InChI=1S/C19H16F2N4O2S/c20-15-7-4-8-16(21)14(15)10-22-17(26)9-13-11-28-19(24-13)25-18(27)23-12-5-2-1-3-6-12/h1-8,11H,9-10H2,(H,22,26)(H2,23,24,25,27). The minimum Gasteiger partial charge on any atom is -0.351 e. The molecule has 0 radical (unpaired) electrons. The Morgan fingerprint density at radius 2 is 1.68 bits per heavy atom. The first kappa shape index (κ1) is 19.4. The van der Waals surface area contributed by atoms with Crippen molar-refractivity contribution in [3.8, 4) is 0 Å². The van der Waals surface area contributed by atoms with Crippen molar-refractivity contribution in [2.45, 2.75) is 13.0 Å². The molecule has 3 aromatic rings. The maximum Gasteiger partial charge on any atom is 0.325 e. The smallest absolute Gasteiger partial charge is 0.325 e. The first-order valence-corrected chi connectivity index (χ1v) is 9.16. The highest BCUT2D eigenvalue weighted by molar-refractivity contribution is 7.14.